The van der Waals surface area contributed by atoms with Crippen molar-refractivity contribution in [3.05, 3.63) is 23.3 Å². The van der Waals surface area contributed by atoms with Gasteiger partial charge < -0.3 is 19.1 Å². The van der Waals surface area contributed by atoms with Crippen molar-refractivity contribution in [3.8, 4) is 11.5 Å². The third-order valence-corrected chi connectivity index (χ3v) is 6.09. The summed E-state index contributed by atoms with van der Waals surface area (Å²) in [5.41, 5.74) is 2.62. The number of nitrogens with zero attached hydrogens (tertiary/aromatic N) is 1. The maximum absolute atomic E-state index is 6.46. The third-order valence-electron chi connectivity index (χ3n) is 6.09. The van der Waals surface area contributed by atoms with Gasteiger partial charge in [0.1, 0.15) is 0 Å². The molecule has 2 fully saturated rings. The topological polar surface area (TPSA) is 30.9 Å². The molecule has 5 rings (SSSR count). The monoisotopic (exact) mass is 329 g/mol. The van der Waals surface area contributed by atoms with Crippen molar-refractivity contribution >= 4 is 0 Å². The van der Waals surface area contributed by atoms with Crippen LogP contribution in [0.15, 0.2) is 12.1 Å². The van der Waals surface area contributed by atoms with Gasteiger partial charge >= 0.3 is 0 Å². The second kappa shape index (κ2) is 5.92. The summed E-state index contributed by atoms with van der Waals surface area (Å²) in [6, 6.07) is 4.26. The van der Waals surface area contributed by atoms with Crippen molar-refractivity contribution in [2.45, 2.75) is 69.9 Å². The minimum atomic E-state index is -0.377. The lowest BCUT2D eigenvalue weighted by molar-refractivity contribution is -0.106. The molecule has 3 aliphatic heterocycles. The van der Waals surface area contributed by atoms with E-state index in [-0.39, 0.29) is 11.9 Å². The van der Waals surface area contributed by atoms with Crippen LogP contribution in [0.2, 0.25) is 0 Å². The van der Waals surface area contributed by atoms with Crippen LogP contribution in [-0.2, 0) is 17.8 Å². The van der Waals surface area contributed by atoms with E-state index in [0.717, 1.165) is 37.3 Å². The lowest BCUT2D eigenvalue weighted by Crippen LogP contribution is -2.40. The Kier molecular flexibility index (Phi) is 3.71. The van der Waals surface area contributed by atoms with Crippen LogP contribution in [0.5, 0.6) is 11.5 Å². The van der Waals surface area contributed by atoms with E-state index in [2.05, 4.69) is 17.0 Å². The van der Waals surface area contributed by atoms with Gasteiger partial charge in [0.25, 0.3) is 5.79 Å². The molecule has 0 bridgehead atoms. The van der Waals surface area contributed by atoms with Gasteiger partial charge in [0.2, 0.25) is 0 Å². The fraction of sp³-hybridized carbons (Fsp3) is 0.700. The Morgan fingerprint density at radius 3 is 2.67 bits per heavy atom. The van der Waals surface area contributed by atoms with Crippen LogP contribution in [-0.4, -0.2) is 36.4 Å². The molecule has 24 heavy (non-hydrogen) atoms. The molecule has 1 saturated carbocycles. The largest absolute Gasteiger partial charge is 0.448 e. The number of hydrogen-bond donors (Lipinski definition) is 0. The van der Waals surface area contributed by atoms with Crippen LogP contribution in [0.25, 0.3) is 0 Å². The van der Waals surface area contributed by atoms with Crippen molar-refractivity contribution < 1.29 is 14.2 Å². The Balaban J connectivity index is 1.37. The summed E-state index contributed by atoms with van der Waals surface area (Å²) in [5.74, 6) is 1.60. The number of ether oxygens (including phenoxy) is 3. The maximum atomic E-state index is 6.46. The summed E-state index contributed by atoms with van der Waals surface area (Å²) in [5, 5.41) is 0. The molecule has 1 aromatic carbocycles. The van der Waals surface area contributed by atoms with Crippen molar-refractivity contribution in [1.29, 1.82) is 0 Å². The normalized spacial score (nSPS) is 28.2. The van der Waals surface area contributed by atoms with Gasteiger partial charge in [-0.3, -0.25) is 0 Å². The number of rotatable bonds is 2. The summed E-state index contributed by atoms with van der Waals surface area (Å²) < 4.78 is 18.9. The number of likely N-dealkylation sites (tertiary alicyclic amines) is 1. The number of fused-ring (bicyclic) bond motifs is 3. The van der Waals surface area contributed by atoms with Crippen molar-refractivity contribution in [2.75, 3.05) is 19.6 Å². The van der Waals surface area contributed by atoms with E-state index in [0.29, 0.717) is 6.61 Å². The zero-order valence-corrected chi connectivity index (χ0v) is 14.4. The predicted molar refractivity (Wildman–Crippen MR) is 91.5 cm³/mol. The van der Waals surface area contributed by atoms with Crippen LogP contribution >= 0.6 is 0 Å². The molecule has 0 amide bonds. The summed E-state index contributed by atoms with van der Waals surface area (Å²) >= 11 is 0. The highest BCUT2D eigenvalue weighted by molar-refractivity contribution is 5.54. The summed E-state index contributed by atoms with van der Waals surface area (Å²) in [6.07, 6.45) is 9.65. The number of benzene rings is 1. The van der Waals surface area contributed by atoms with Crippen LogP contribution < -0.4 is 9.47 Å². The van der Waals surface area contributed by atoms with E-state index in [9.17, 15) is 0 Å². The first kappa shape index (κ1) is 15.0. The molecule has 1 saturated heterocycles. The van der Waals surface area contributed by atoms with Gasteiger partial charge in [-0.2, -0.15) is 0 Å². The highest BCUT2D eigenvalue weighted by atomic mass is 16.7. The molecule has 4 heteroatoms. The first-order valence-corrected chi connectivity index (χ1v) is 9.68. The highest BCUT2D eigenvalue weighted by Crippen LogP contribution is 2.49. The molecular weight excluding hydrogens is 302 g/mol. The van der Waals surface area contributed by atoms with Gasteiger partial charge in [-0.15, -0.1) is 0 Å². The molecule has 0 radical (unpaired) electrons. The Bertz CT molecular complexity index is 618. The molecule has 0 aromatic heterocycles. The summed E-state index contributed by atoms with van der Waals surface area (Å²) in [6.45, 7) is 4.21. The van der Waals surface area contributed by atoms with Crippen LogP contribution in [0, 0.1) is 0 Å². The average Bonchev–Trinajstić information content (AvgIpc) is 3.23. The zero-order valence-electron chi connectivity index (χ0n) is 14.4. The molecule has 1 spiro atoms. The highest BCUT2D eigenvalue weighted by Gasteiger charge is 2.44. The van der Waals surface area contributed by atoms with Crippen molar-refractivity contribution in [1.82, 2.24) is 4.90 Å². The van der Waals surface area contributed by atoms with E-state index >= 15 is 0 Å². The van der Waals surface area contributed by atoms with Crippen LogP contribution in [0.1, 0.15) is 56.1 Å². The second-order valence-electron chi connectivity index (χ2n) is 7.85. The molecule has 0 N–H and O–H groups in total. The summed E-state index contributed by atoms with van der Waals surface area (Å²) in [7, 11) is 0. The van der Waals surface area contributed by atoms with Crippen molar-refractivity contribution in [3.63, 3.8) is 0 Å². The van der Waals surface area contributed by atoms with Gasteiger partial charge in [0.05, 0.1) is 12.7 Å². The first-order chi connectivity index (χ1) is 11.8. The lowest BCUT2D eigenvalue weighted by Gasteiger charge is -2.32. The predicted octanol–water partition coefficient (Wildman–Crippen LogP) is 3.66. The Morgan fingerprint density at radius 1 is 1.00 bits per heavy atom. The van der Waals surface area contributed by atoms with E-state index in [1.54, 1.807) is 0 Å². The maximum Gasteiger partial charge on any atom is 0.251 e. The molecule has 130 valence electrons. The Morgan fingerprint density at radius 2 is 1.83 bits per heavy atom. The summed E-state index contributed by atoms with van der Waals surface area (Å²) in [4.78, 5) is 2.54. The van der Waals surface area contributed by atoms with Gasteiger partial charge in [0, 0.05) is 31.4 Å². The van der Waals surface area contributed by atoms with Crippen LogP contribution in [0.4, 0.5) is 0 Å². The van der Waals surface area contributed by atoms with Gasteiger partial charge in [-0.1, -0.05) is 12.5 Å². The van der Waals surface area contributed by atoms with E-state index in [4.69, 9.17) is 14.2 Å². The number of hydrogen-bond acceptors (Lipinski definition) is 4. The lowest BCUT2D eigenvalue weighted by atomic mass is 9.94. The molecular formula is C20H27NO3. The smallest absolute Gasteiger partial charge is 0.251 e. The Hall–Kier alpha value is -1.26. The standard InChI is InChI=1S/C20H27NO3/c1-2-8-20(9-3-1)23-18-7-6-15-14-22-16(12-17(15)19(18)24-20)13-21-10-4-5-11-21/h6-7,16H,1-5,8-14H2. The molecule has 1 atom stereocenters. The second-order valence-corrected chi connectivity index (χ2v) is 7.85. The molecule has 3 heterocycles. The fourth-order valence-electron chi connectivity index (χ4n) is 4.76. The minimum Gasteiger partial charge on any atom is -0.448 e. The van der Waals surface area contributed by atoms with Gasteiger partial charge in [-0.05, 0) is 50.4 Å². The SMILES string of the molecule is c1cc2c(c3c1COC(CN1CCCC1)C3)OC1(CCCCC1)O2. The zero-order chi connectivity index (χ0) is 16.0. The average molecular weight is 329 g/mol. The minimum absolute atomic E-state index is 0.286. The first-order valence-electron chi connectivity index (χ1n) is 9.68. The van der Waals surface area contributed by atoms with E-state index < -0.39 is 0 Å². The quantitative estimate of drug-likeness (QED) is 0.829. The fourth-order valence-corrected chi connectivity index (χ4v) is 4.76. The third kappa shape index (κ3) is 2.60. The van der Waals surface area contributed by atoms with E-state index in [1.807, 2.05) is 0 Å². The molecule has 4 aliphatic rings. The van der Waals surface area contributed by atoms with Crippen molar-refractivity contribution in [2.24, 2.45) is 0 Å². The molecule has 4 nitrogen and oxygen atoms in total. The molecule has 1 aromatic rings. The van der Waals surface area contributed by atoms with Gasteiger partial charge in [-0.25, -0.2) is 0 Å². The van der Waals surface area contributed by atoms with Crippen LogP contribution in [0.3, 0.4) is 0 Å². The molecule has 1 aliphatic carbocycles. The van der Waals surface area contributed by atoms with E-state index in [1.165, 1.54) is 56.3 Å². The Labute approximate surface area is 144 Å². The van der Waals surface area contributed by atoms with Gasteiger partial charge in [0.15, 0.2) is 11.5 Å². The molecule has 1 unspecified atom stereocenters.